The van der Waals surface area contributed by atoms with Crippen molar-refractivity contribution in [2.24, 2.45) is 10.9 Å². The van der Waals surface area contributed by atoms with E-state index in [9.17, 15) is 4.79 Å². The Morgan fingerprint density at radius 3 is 2.77 bits per heavy atom. The van der Waals surface area contributed by atoms with Crippen LogP contribution in [0.1, 0.15) is 31.7 Å². The Morgan fingerprint density at radius 2 is 2.07 bits per heavy atom. The number of halogens is 1. The van der Waals surface area contributed by atoms with E-state index < -0.39 is 0 Å². The van der Waals surface area contributed by atoms with Crippen LogP contribution in [0.4, 0.5) is 0 Å². The molecule has 1 aliphatic heterocycles. The minimum absolute atomic E-state index is 0. The number of rotatable bonds is 7. The largest absolute Gasteiger partial charge is 0.356 e. The normalized spacial score (nSPS) is 16.5. The second-order valence-electron chi connectivity index (χ2n) is 7.77. The van der Waals surface area contributed by atoms with E-state index in [1.165, 1.54) is 5.56 Å². The molecule has 7 nitrogen and oxygen atoms in total. The summed E-state index contributed by atoms with van der Waals surface area (Å²) in [7, 11) is 1.78. The predicted molar refractivity (Wildman–Crippen MR) is 131 cm³/mol. The van der Waals surface area contributed by atoms with Crippen molar-refractivity contribution in [2.75, 3.05) is 26.7 Å². The van der Waals surface area contributed by atoms with Gasteiger partial charge >= 0.3 is 0 Å². The molecule has 1 unspecified atom stereocenters. The first-order chi connectivity index (χ1) is 14.1. The Kier molecular flexibility index (Phi) is 9.61. The zero-order chi connectivity index (χ0) is 20.6. The molecule has 30 heavy (non-hydrogen) atoms. The number of guanidine groups is 1. The maximum Gasteiger partial charge on any atom is 0.225 e. The Bertz CT molecular complexity index is 820. The van der Waals surface area contributed by atoms with Crippen molar-refractivity contribution in [1.82, 2.24) is 25.1 Å². The van der Waals surface area contributed by atoms with Crippen LogP contribution in [0.3, 0.4) is 0 Å². The van der Waals surface area contributed by atoms with Crippen molar-refractivity contribution in [1.29, 1.82) is 0 Å². The summed E-state index contributed by atoms with van der Waals surface area (Å²) in [4.78, 5) is 22.9. The first kappa shape index (κ1) is 24.2. The Balaban J connectivity index is 0.00000320. The molecular weight excluding hydrogens is 491 g/mol. The SMILES string of the molecule is CN=C(NCCc1nccn1Cc1ccccc1)NC1CCN(C(=O)C(C)C)C1.I. The number of nitrogens with zero attached hydrogens (tertiary/aromatic N) is 4. The Labute approximate surface area is 196 Å². The summed E-state index contributed by atoms with van der Waals surface area (Å²) in [5.41, 5.74) is 1.26. The van der Waals surface area contributed by atoms with Crippen molar-refractivity contribution in [3.63, 3.8) is 0 Å². The lowest BCUT2D eigenvalue weighted by atomic mass is 10.2. The van der Waals surface area contributed by atoms with Crippen LogP contribution in [-0.2, 0) is 17.8 Å². The summed E-state index contributed by atoms with van der Waals surface area (Å²) >= 11 is 0. The summed E-state index contributed by atoms with van der Waals surface area (Å²) < 4.78 is 2.18. The van der Waals surface area contributed by atoms with Crippen molar-refractivity contribution in [3.8, 4) is 0 Å². The molecule has 0 radical (unpaired) electrons. The first-order valence-electron chi connectivity index (χ1n) is 10.4. The Morgan fingerprint density at radius 1 is 1.30 bits per heavy atom. The van der Waals surface area contributed by atoms with Gasteiger partial charge in [0.15, 0.2) is 5.96 Å². The van der Waals surface area contributed by atoms with Gasteiger partial charge in [-0.1, -0.05) is 44.2 Å². The van der Waals surface area contributed by atoms with Gasteiger partial charge in [-0.25, -0.2) is 4.98 Å². The minimum Gasteiger partial charge on any atom is -0.356 e. The standard InChI is InChI=1S/C22H32N6O.HI/c1-17(2)21(29)28-13-10-19(16-28)26-22(23-3)25-11-9-20-24-12-14-27(20)15-18-7-5-4-6-8-18;/h4-8,12,14,17,19H,9-11,13,15-16H2,1-3H3,(H2,23,25,26);1H. The summed E-state index contributed by atoms with van der Waals surface area (Å²) in [6, 6.07) is 10.6. The molecule has 0 bridgehead atoms. The summed E-state index contributed by atoms with van der Waals surface area (Å²) in [5, 5.41) is 6.82. The van der Waals surface area contributed by atoms with E-state index in [0.29, 0.717) is 0 Å². The van der Waals surface area contributed by atoms with Crippen LogP contribution in [0, 0.1) is 5.92 Å². The summed E-state index contributed by atoms with van der Waals surface area (Å²) in [6.07, 6.45) is 5.63. The number of aliphatic imine (C=N–C) groups is 1. The smallest absolute Gasteiger partial charge is 0.225 e. The van der Waals surface area contributed by atoms with Crippen LogP contribution >= 0.6 is 24.0 Å². The van der Waals surface area contributed by atoms with Gasteiger partial charge in [0.05, 0.1) is 0 Å². The van der Waals surface area contributed by atoms with Gasteiger partial charge in [-0.05, 0) is 12.0 Å². The van der Waals surface area contributed by atoms with E-state index in [4.69, 9.17) is 0 Å². The van der Waals surface area contributed by atoms with Gasteiger partial charge in [-0.2, -0.15) is 0 Å². The fourth-order valence-electron chi connectivity index (χ4n) is 3.62. The number of carbonyl (C=O) groups excluding carboxylic acids is 1. The molecule has 1 aromatic heterocycles. The number of imidazole rings is 1. The fourth-order valence-corrected chi connectivity index (χ4v) is 3.62. The molecular formula is C22H33IN6O. The maximum absolute atomic E-state index is 12.2. The molecule has 0 aliphatic carbocycles. The van der Waals surface area contributed by atoms with E-state index in [0.717, 1.165) is 50.8 Å². The monoisotopic (exact) mass is 524 g/mol. The van der Waals surface area contributed by atoms with Crippen molar-refractivity contribution >= 4 is 35.8 Å². The maximum atomic E-state index is 12.2. The molecule has 2 N–H and O–H groups in total. The summed E-state index contributed by atoms with van der Waals surface area (Å²) in [5.74, 6) is 2.09. The molecule has 1 aromatic carbocycles. The van der Waals surface area contributed by atoms with Gasteiger partial charge in [-0.3, -0.25) is 9.79 Å². The zero-order valence-corrected chi connectivity index (χ0v) is 20.4. The fraction of sp³-hybridized carbons (Fsp3) is 0.500. The number of aromatic nitrogens is 2. The second-order valence-corrected chi connectivity index (χ2v) is 7.77. The van der Waals surface area contributed by atoms with Crippen molar-refractivity contribution in [3.05, 3.63) is 54.1 Å². The molecule has 3 rings (SSSR count). The van der Waals surface area contributed by atoms with E-state index >= 15 is 0 Å². The highest BCUT2D eigenvalue weighted by Gasteiger charge is 2.27. The minimum atomic E-state index is 0. The average Bonchev–Trinajstić information content (AvgIpc) is 3.37. The van der Waals surface area contributed by atoms with Crippen LogP contribution in [0.5, 0.6) is 0 Å². The van der Waals surface area contributed by atoms with E-state index in [2.05, 4.69) is 49.4 Å². The predicted octanol–water partition coefficient (Wildman–Crippen LogP) is 2.51. The van der Waals surface area contributed by atoms with Crippen LogP contribution in [0.2, 0.25) is 0 Å². The van der Waals surface area contributed by atoms with Gasteiger partial charge in [-0.15, -0.1) is 24.0 Å². The number of hydrogen-bond donors (Lipinski definition) is 2. The van der Waals surface area contributed by atoms with E-state index in [1.807, 2.05) is 37.2 Å². The van der Waals surface area contributed by atoms with Crippen LogP contribution < -0.4 is 10.6 Å². The molecule has 1 saturated heterocycles. The number of hydrogen-bond acceptors (Lipinski definition) is 3. The third kappa shape index (κ3) is 6.72. The van der Waals surface area contributed by atoms with Crippen LogP contribution in [-0.4, -0.2) is 59.0 Å². The van der Waals surface area contributed by atoms with Crippen molar-refractivity contribution in [2.45, 2.75) is 39.3 Å². The number of carbonyl (C=O) groups is 1. The third-order valence-electron chi connectivity index (χ3n) is 5.20. The summed E-state index contributed by atoms with van der Waals surface area (Å²) in [6.45, 7) is 7.01. The molecule has 2 aromatic rings. The lowest BCUT2D eigenvalue weighted by molar-refractivity contribution is -0.133. The number of likely N-dealkylation sites (tertiary alicyclic amines) is 1. The number of benzene rings is 1. The molecule has 164 valence electrons. The number of nitrogens with one attached hydrogen (secondary N) is 2. The third-order valence-corrected chi connectivity index (χ3v) is 5.20. The Hall–Kier alpha value is -2.10. The molecule has 2 heterocycles. The van der Waals surface area contributed by atoms with Crippen LogP contribution in [0.25, 0.3) is 0 Å². The highest BCUT2D eigenvalue weighted by atomic mass is 127. The lowest BCUT2D eigenvalue weighted by Gasteiger charge is -2.20. The van der Waals surface area contributed by atoms with Gasteiger partial charge in [0.25, 0.3) is 0 Å². The molecule has 8 heteroatoms. The van der Waals surface area contributed by atoms with Gasteiger partial charge in [0.2, 0.25) is 5.91 Å². The first-order valence-corrected chi connectivity index (χ1v) is 10.4. The second kappa shape index (κ2) is 11.9. The topological polar surface area (TPSA) is 74.6 Å². The van der Waals surface area contributed by atoms with E-state index in [1.54, 1.807) is 7.05 Å². The number of amides is 1. The average molecular weight is 524 g/mol. The van der Waals surface area contributed by atoms with Gasteiger partial charge < -0.3 is 20.1 Å². The molecule has 1 atom stereocenters. The van der Waals surface area contributed by atoms with Crippen LogP contribution in [0.15, 0.2) is 47.7 Å². The molecule has 0 saturated carbocycles. The molecule has 1 aliphatic rings. The lowest BCUT2D eigenvalue weighted by Crippen LogP contribution is -2.45. The zero-order valence-electron chi connectivity index (χ0n) is 18.0. The highest BCUT2D eigenvalue weighted by molar-refractivity contribution is 14.0. The molecule has 0 spiro atoms. The van der Waals surface area contributed by atoms with Gasteiger partial charge in [0, 0.05) is 64.0 Å². The van der Waals surface area contributed by atoms with Crippen molar-refractivity contribution < 1.29 is 4.79 Å². The highest BCUT2D eigenvalue weighted by Crippen LogP contribution is 2.12. The molecule has 1 fully saturated rings. The van der Waals surface area contributed by atoms with E-state index in [-0.39, 0.29) is 41.8 Å². The molecule has 1 amide bonds. The van der Waals surface area contributed by atoms with Gasteiger partial charge in [0.1, 0.15) is 5.82 Å². The quantitative estimate of drug-likeness (QED) is 0.332.